The molecule has 0 saturated heterocycles. The predicted octanol–water partition coefficient (Wildman–Crippen LogP) is 1.45. The molecule has 0 unspecified atom stereocenters. The highest BCUT2D eigenvalue weighted by Gasteiger charge is 2.12. The van der Waals surface area contributed by atoms with Crippen molar-refractivity contribution < 1.29 is 9.66 Å². The van der Waals surface area contributed by atoms with Gasteiger partial charge in [-0.25, -0.2) is 0 Å². The summed E-state index contributed by atoms with van der Waals surface area (Å²) in [5, 5.41) is 18.4. The van der Waals surface area contributed by atoms with Gasteiger partial charge in [0.05, 0.1) is 4.92 Å². The first kappa shape index (κ1) is 8.01. The van der Waals surface area contributed by atoms with Crippen LogP contribution in [0.3, 0.4) is 0 Å². The quantitative estimate of drug-likeness (QED) is 0.376. The minimum Gasteiger partial charge on any atom is -0.381 e. The van der Waals surface area contributed by atoms with Crippen LogP contribution in [0.25, 0.3) is 0 Å². The third-order valence-corrected chi connectivity index (χ3v) is 1.22. The topological polar surface area (TPSA) is 76.2 Å². The molecule has 1 aromatic carbocycles. The molecule has 0 aromatic heterocycles. The second kappa shape index (κ2) is 3.34. The fraction of sp³-hybridized carbons (Fsp3) is 0. The van der Waals surface area contributed by atoms with E-state index in [0.717, 1.165) is 0 Å². The number of nitrogens with zero attached hydrogens (tertiary/aromatic N) is 2. The highest BCUT2D eigenvalue weighted by atomic mass is 16.6. The number of nitro benzene ring substituents is 1. The van der Waals surface area contributed by atoms with Gasteiger partial charge in [-0.1, -0.05) is 12.1 Å². The Hall–Kier alpha value is -2.09. The zero-order valence-corrected chi connectivity index (χ0v) is 5.93. The Labute approximate surface area is 68.0 Å². The van der Waals surface area contributed by atoms with Crippen LogP contribution >= 0.6 is 0 Å². The van der Waals surface area contributed by atoms with E-state index in [-0.39, 0.29) is 11.4 Å². The Balaban J connectivity index is 3.10. The van der Waals surface area contributed by atoms with E-state index in [2.05, 4.69) is 4.74 Å². The summed E-state index contributed by atoms with van der Waals surface area (Å²) >= 11 is 0. The van der Waals surface area contributed by atoms with E-state index in [1.807, 2.05) is 0 Å². The molecule has 60 valence electrons. The van der Waals surface area contributed by atoms with Gasteiger partial charge in [0.15, 0.2) is 0 Å². The maximum atomic E-state index is 10.3. The summed E-state index contributed by atoms with van der Waals surface area (Å²) in [6.07, 6.45) is 1.37. The minimum absolute atomic E-state index is 0.0370. The van der Waals surface area contributed by atoms with E-state index in [9.17, 15) is 10.1 Å². The molecule has 0 fully saturated rings. The Bertz CT molecular complexity index is 343. The summed E-state index contributed by atoms with van der Waals surface area (Å²) in [6, 6.07) is 5.69. The first-order valence-electron chi connectivity index (χ1n) is 3.05. The maximum Gasteiger partial charge on any atom is 0.312 e. The SMILES string of the molecule is N#COc1ccccc1[N+](=O)[O-]. The summed E-state index contributed by atoms with van der Waals surface area (Å²) in [6.45, 7) is 0. The molecule has 5 nitrogen and oxygen atoms in total. The summed E-state index contributed by atoms with van der Waals surface area (Å²) in [5.74, 6) is -0.0370. The molecule has 1 rings (SSSR count). The summed E-state index contributed by atoms with van der Waals surface area (Å²) in [5.41, 5.74) is -0.209. The molecule has 0 aliphatic carbocycles. The Morgan fingerprint density at radius 2 is 2.17 bits per heavy atom. The molecule has 5 heteroatoms. The average Bonchev–Trinajstić information content (AvgIpc) is 2.05. The van der Waals surface area contributed by atoms with Crippen molar-refractivity contribution in [1.29, 1.82) is 5.26 Å². The van der Waals surface area contributed by atoms with Crippen LogP contribution in [0.4, 0.5) is 5.69 Å². The van der Waals surface area contributed by atoms with Crippen molar-refractivity contribution in [3.8, 4) is 12.0 Å². The molecule has 0 heterocycles. The van der Waals surface area contributed by atoms with Gasteiger partial charge in [0.2, 0.25) is 5.75 Å². The molecule has 0 spiro atoms. The van der Waals surface area contributed by atoms with E-state index in [1.54, 1.807) is 6.07 Å². The van der Waals surface area contributed by atoms with E-state index < -0.39 is 4.92 Å². The fourth-order valence-corrected chi connectivity index (χ4v) is 0.743. The number of nitro groups is 1. The van der Waals surface area contributed by atoms with Crippen LogP contribution in [0.5, 0.6) is 5.75 Å². The van der Waals surface area contributed by atoms with Crippen molar-refractivity contribution in [2.75, 3.05) is 0 Å². The molecule has 0 atom stereocenters. The lowest BCUT2D eigenvalue weighted by Crippen LogP contribution is -1.91. The van der Waals surface area contributed by atoms with Gasteiger partial charge in [0.1, 0.15) is 0 Å². The molecule has 0 bridgehead atoms. The minimum atomic E-state index is -0.604. The van der Waals surface area contributed by atoms with Crippen LogP contribution in [-0.4, -0.2) is 4.92 Å². The standard InChI is InChI=1S/C7H4N2O3/c8-5-12-7-4-2-1-3-6(7)9(10)11/h1-4H. The average molecular weight is 164 g/mol. The summed E-state index contributed by atoms with van der Waals surface area (Å²) < 4.78 is 4.36. The second-order valence-electron chi connectivity index (χ2n) is 1.92. The van der Waals surface area contributed by atoms with E-state index in [0.29, 0.717) is 0 Å². The molecule has 12 heavy (non-hydrogen) atoms. The number of para-hydroxylation sites is 2. The van der Waals surface area contributed by atoms with E-state index in [1.165, 1.54) is 24.5 Å². The molecule has 0 amide bonds. The number of ether oxygens (including phenoxy) is 1. The largest absolute Gasteiger partial charge is 0.381 e. The van der Waals surface area contributed by atoms with Gasteiger partial charge >= 0.3 is 5.69 Å². The lowest BCUT2D eigenvalue weighted by atomic mass is 10.3. The fourth-order valence-electron chi connectivity index (χ4n) is 0.743. The van der Waals surface area contributed by atoms with Gasteiger partial charge < -0.3 is 4.74 Å². The van der Waals surface area contributed by atoms with E-state index >= 15 is 0 Å². The third kappa shape index (κ3) is 1.49. The Morgan fingerprint density at radius 3 is 2.75 bits per heavy atom. The van der Waals surface area contributed by atoms with Crippen LogP contribution < -0.4 is 4.74 Å². The number of hydrogen-bond donors (Lipinski definition) is 0. The first-order valence-corrected chi connectivity index (χ1v) is 3.05. The van der Waals surface area contributed by atoms with Crippen molar-refractivity contribution in [2.24, 2.45) is 0 Å². The molecule has 0 radical (unpaired) electrons. The molecule has 0 N–H and O–H groups in total. The number of hydrogen-bond acceptors (Lipinski definition) is 4. The van der Waals surface area contributed by atoms with Crippen LogP contribution in [-0.2, 0) is 0 Å². The number of nitriles is 1. The normalized spacial score (nSPS) is 8.58. The Kier molecular flexibility index (Phi) is 2.23. The van der Waals surface area contributed by atoms with Gasteiger partial charge in [-0.05, 0) is 6.07 Å². The van der Waals surface area contributed by atoms with Gasteiger partial charge in [0, 0.05) is 6.07 Å². The summed E-state index contributed by atoms with van der Waals surface area (Å²) in [4.78, 5) is 9.71. The van der Waals surface area contributed by atoms with Gasteiger partial charge in [0.25, 0.3) is 6.26 Å². The molecule has 0 saturated carbocycles. The summed E-state index contributed by atoms with van der Waals surface area (Å²) in [7, 11) is 0. The van der Waals surface area contributed by atoms with Crippen LogP contribution in [0.1, 0.15) is 0 Å². The van der Waals surface area contributed by atoms with Gasteiger partial charge in [-0.2, -0.15) is 0 Å². The molecule has 0 aliphatic heterocycles. The van der Waals surface area contributed by atoms with Crippen molar-refractivity contribution in [2.45, 2.75) is 0 Å². The van der Waals surface area contributed by atoms with Crippen molar-refractivity contribution in [3.63, 3.8) is 0 Å². The van der Waals surface area contributed by atoms with Crippen LogP contribution in [0.15, 0.2) is 24.3 Å². The Morgan fingerprint density at radius 1 is 1.50 bits per heavy atom. The van der Waals surface area contributed by atoms with Crippen molar-refractivity contribution in [3.05, 3.63) is 34.4 Å². The third-order valence-electron chi connectivity index (χ3n) is 1.22. The first-order chi connectivity index (χ1) is 5.75. The molecular formula is C7H4N2O3. The van der Waals surface area contributed by atoms with Crippen LogP contribution in [0.2, 0.25) is 0 Å². The predicted molar refractivity (Wildman–Crippen MR) is 39.3 cm³/mol. The zero-order chi connectivity index (χ0) is 8.97. The number of rotatable bonds is 2. The monoisotopic (exact) mass is 164 g/mol. The second-order valence-corrected chi connectivity index (χ2v) is 1.92. The highest BCUT2D eigenvalue weighted by molar-refractivity contribution is 5.46. The van der Waals surface area contributed by atoms with Crippen LogP contribution in [0, 0.1) is 21.6 Å². The van der Waals surface area contributed by atoms with E-state index in [4.69, 9.17) is 5.26 Å². The zero-order valence-electron chi connectivity index (χ0n) is 5.93. The lowest BCUT2D eigenvalue weighted by Gasteiger charge is -1.95. The highest BCUT2D eigenvalue weighted by Crippen LogP contribution is 2.25. The molecule has 0 aliphatic rings. The number of benzene rings is 1. The molecule has 1 aromatic rings. The van der Waals surface area contributed by atoms with Crippen molar-refractivity contribution in [1.82, 2.24) is 0 Å². The van der Waals surface area contributed by atoms with Gasteiger partial charge in [-0.15, -0.1) is 5.26 Å². The maximum absolute atomic E-state index is 10.3. The lowest BCUT2D eigenvalue weighted by molar-refractivity contribution is -0.385. The van der Waals surface area contributed by atoms with Crippen molar-refractivity contribution >= 4 is 5.69 Å². The molecular weight excluding hydrogens is 160 g/mol. The smallest absolute Gasteiger partial charge is 0.312 e. The van der Waals surface area contributed by atoms with Gasteiger partial charge in [-0.3, -0.25) is 10.1 Å².